The van der Waals surface area contributed by atoms with Gasteiger partial charge >= 0.3 is 0 Å². The SMILES string of the molecule is O=C(Nc1ccc(-n2cnc3ccccc32)nc1)C1(O)CCCC1. The third-order valence-corrected chi connectivity index (χ3v) is 4.56. The number of fused-ring (bicyclic) bond motifs is 1. The Kier molecular flexibility index (Phi) is 3.54. The lowest BCUT2D eigenvalue weighted by molar-refractivity contribution is -0.133. The second-order valence-corrected chi connectivity index (χ2v) is 6.20. The van der Waals surface area contributed by atoms with Gasteiger partial charge in [0.25, 0.3) is 5.91 Å². The number of anilines is 1. The Morgan fingerprint density at radius 2 is 1.92 bits per heavy atom. The molecule has 0 bridgehead atoms. The monoisotopic (exact) mass is 322 g/mol. The lowest BCUT2D eigenvalue weighted by Gasteiger charge is -2.20. The molecule has 0 atom stereocenters. The Morgan fingerprint density at radius 1 is 1.12 bits per heavy atom. The van der Waals surface area contributed by atoms with E-state index in [-0.39, 0.29) is 5.91 Å². The molecule has 24 heavy (non-hydrogen) atoms. The largest absolute Gasteiger partial charge is 0.380 e. The van der Waals surface area contributed by atoms with Crippen LogP contribution in [0.15, 0.2) is 48.9 Å². The van der Waals surface area contributed by atoms with Crippen LogP contribution in [-0.2, 0) is 4.79 Å². The summed E-state index contributed by atoms with van der Waals surface area (Å²) in [6, 6.07) is 11.4. The van der Waals surface area contributed by atoms with Crippen molar-refractivity contribution in [2.24, 2.45) is 0 Å². The Balaban J connectivity index is 1.56. The van der Waals surface area contributed by atoms with Crippen molar-refractivity contribution >= 4 is 22.6 Å². The molecule has 0 radical (unpaired) electrons. The van der Waals surface area contributed by atoms with Crippen LogP contribution in [0.1, 0.15) is 25.7 Å². The van der Waals surface area contributed by atoms with Gasteiger partial charge in [-0.25, -0.2) is 9.97 Å². The average Bonchev–Trinajstić information content (AvgIpc) is 3.23. The van der Waals surface area contributed by atoms with Crippen molar-refractivity contribution in [2.75, 3.05) is 5.32 Å². The van der Waals surface area contributed by atoms with E-state index in [1.807, 2.05) is 34.9 Å². The molecule has 0 spiro atoms. The van der Waals surface area contributed by atoms with Gasteiger partial charge in [0.1, 0.15) is 17.7 Å². The van der Waals surface area contributed by atoms with Crippen LogP contribution >= 0.6 is 0 Å². The molecule has 2 aromatic heterocycles. The van der Waals surface area contributed by atoms with Crippen molar-refractivity contribution in [1.82, 2.24) is 14.5 Å². The van der Waals surface area contributed by atoms with E-state index < -0.39 is 5.60 Å². The first-order valence-electron chi connectivity index (χ1n) is 8.08. The lowest BCUT2D eigenvalue weighted by atomic mass is 10.0. The van der Waals surface area contributed by atoms with E-state index in [1.54, 1.807) is 18.6 Å². The van der Waals surface area contributed by atoms with Gasteiger partial charge in [-0.05, 0) is 49.9 Å². The first-order chi connectivity index (χ1) is 11.7. The second-order valence-electron chi connectivity index (χ2n) is 6.20. The molecular formula is C18H18N4O2. The molecule has 1 aromatic carbocycles. The Labute approximate surface area is 139 Å². The molecule has 2 heterocycles. The van der Waals surface area contributed by atoms with Gasteiger partial charge in [0.15, 0.2) is 0 Å². The molecule has 122 valence electrons. The minimum atomic E-state index is -1.24. The second kappa shape index (κ2) is 5.72. The zero-order chi connectivity index (χ0) is 16.6. The van der Waals surface area contributed by atoms with Gasteiger partial charge in [0.2, 0.25) is 0 Å². The summed E-state index contributed by atoms with van der Waals surface area (Å²) in [4.78, 5) is 21.0. The molecule has 0 aliphatic heterocycles. The quantitative estimate of drug-likeness (QED) is 0.777. The summed E-state index contributed by atoms with van der Waals surface area (Å²) in [5.41, 5.74) is 1.22. The maximum atomic E-state index is 12.2. The molecular weight excluding hydrogens is 304 g/mol. The number of imidazole rings is 1. The number of aliphatic hydroxyl groups is 1. The Hall–Kier alpha value is -2.73. The number of para-hydroxylation sites is 2. The Morgan fingerprint density at radius 3 is 2.67 bits per heavy atom. The fraction of sp³-hybridized carbons (Fsp3) is 0.278. The predicted molar refractivity (Wildman–Crippen MR) is 90.9 cm³/mol. The molecule has 4 rings (SSSR count). The maximum Gasteiger partial charge on any atom is 0.256 e. The smallest absolute Gasteiger partial charge is 0.256 e. The molecule has 1 saturated carbocycles. The van der Waals surface area contributed by atoms with Gasteiger partial charge in [0, 0.05) is 0 Å². The van der Waals surface area contributed by atoms with E-state index in [2.05, 4.69) is 15.3 Å². The van der Waals surface area contributed by atoms with E-state index in [9.17, 15) is 9.90 Å². The molecule has 1 aliphatic carbocycles. The number of nitrogens with one attached hydrogen (secondary N) is 1. The van der Waals surface area contributed by atoms with Crippen molar-refractivity contribution in [2.45, 2.75) is 31.3 Å². The number of benzene rings is 1. The third-order valence-electron chi connectivity index (χ3n) is 4.56. The number of pyridine rings is 1. The molecule has 1 aliphatic rings. The van der Waals surface area contributed by atoms with Gasteiger partial charge in [-0.3, -0.25) is 9.36 Å². The molecule has 0 saturated heterocycles. The van der Waals surface area contributed by atoms with E-state index >= 15 is 0 Å². The average molecular weight is 322 g/mol. The molecule has 6 nitrogen and oxygen atoms in total. The zero-order valence-electron chi connectivity index (χ0n) is 13.1. The highest BCUT2D eigenvalue weighted by molar-refractivity contribution is 5.97. The van der Waals surface area contributed by atoms with Crippen LogP contribution in [0.3, 0.4) is 0 Å². The number of hydrogen-bond donors (Lipinski definition) is 2. The van der Waals surface area contributed by atoms with E-state index in [0.717, 1.165) is 29.7 Å². The van der Waals surface area contributed by atoms with Gasteiger partial charge in [-0.1, -0.05) is 12.1 Å². The van der Waals surface area contributed by atoms with E-state index in [4.69, 9.17) is 0 Å². The van der Waals surface area contributed by atoms with E-state index in [0.29, 0.717) is 18.5 Å². The molecule has 1 fully saturated rings. The Bertz CT molecular complexity index is 879. The lowest BCUT2D eigenvalue weighted by Crippen LogP contribution is -2.40. The number of hydrogen-bond acceptors (Lipinski definition) is 4. The van der Waals surface area contributed by atoms with Crippen LogP contribution in [0.4, 0.5) is 5.69 Å². The summed E-state index contributed by atoms with van der Waals surface area (Å²) in [6.07, 6.45) is 6.13. The highest BCUT2D eigenvalue weighted by atomic mass is 16.3. The first-order valence-corrected chi connectivity index (χ1v) is 8.08. The maximum absolute atomic E-state index is 12.2. The topological polar surface area (TPSA) is 80.0 Å². The molecule has 2 N–H and O–H groups in total. The number of carbonyl (C=O) groups excluding carboxylic acids is 1. The van der Waals surface area contributed by atoms with Crippen LogP contribution in [0.25, 0.3) is 16.9 Å². The van der Waals surface area contributed by atoms with Crippen molar-refractivity contribution in [3.63, 3.8) is 0 Å². The summed E-state index contributed by atoms with van der Waals surface area (Å²) in [5.74, 6) is 0.379. The summed E-state index contributed by atoms with van der Waals surface area (Å²) in [5, 5.41) is 13.1. The molecule has 1 amide bonds. The molecule has 3 aromatic rings. The molecule has 6 heteroatoms. The standard InChI is InChI=1S/C18H18N4O2/c23-17(18(24)9-3-4-10-18)21-13-7-8-16(19-11-13)22-12-20-14-5-1-2-6-15(14)22/h1-2,5-8,11-12,24H,3-4,9-10H2,(H,21,23). The normalized spacial score (nSPS) is 16.4. The summed E-state index contributed by atoms with van der Waals surface area (Å²) < 4.78 is 1.89. The van der Waals surface area contributed by atoms with Gasteiger partial charge in [-0.15, -0.1) is 0 Å². The van der Waals surface area contributed by atoms with Crippen molar-refractivity contribution < 1.29 is 9.90 Å². The minimum Gasteiger partial charge on any atom is -0.380 e. The van der Waals surface area contributed by atoms with Crippen LogP contribution in [-0.4, -0.2) is 31.1 Å². The van der Waals surface area contributed by atoms with Crippen molar-refractivity contribution in [3.05, 3.63) is 48.9 Å². The van der Waals surface area contributed by atoms with Gasteiger partial charge in [0.05, 0.1) is 22.9 Å². The summed E-state index contributed by atoms with van der Waals surface area (Å²) in [6.45, 7) is 0. The predicted octanol–water partition coefficient (Wildman–Crippen LogP) is 2.66. The third kappa shape index (κ3) is 2.55. The van der Waals surface area contributed by atoms with Gasteiger partial charge in [-0.2, -0.15) is 0 Å². The highest BCUT2D eigenvalue weighted by Gasteiger charge is 2.38. The van der Waals surface area contributed by atoms with Crippen molar-refractivity contribution in [3.8, 4) is 5.82 Å². The van der Waals surface area contributed by atoms with Crippen LogP contribution in [0.2, 0.25) is 0 Å². The summed E-state index contributed by atoms with van der Waals surface area (Å²) >= 11 is 0. The van der Waals surface area contributed by atoms with Crippen LogP contribution < -0.4 is 5.32 Å². The van der Waals surface area contributed by atoms with Gasteiger partial charge < -0.3 is 10.4 Å². The number of aromatic nitrogens is 3. The minimum absolute atomic E-state index is 0.345. The highest BCUT2D eigenvalue weighted by Crippen LogP contribution is 2.30. The zero-order valence-corrected chi connectivity index (χ0v) is 13.1. The van der Waals surface area contributed by atoms with E-state index in [1.165, 1.54) is 0 Å². The van der Waals surface area contributed by atoms with Crippen LogP contribution in [0, 0.1) is 0 Å². The van der Waals surface area contributed by atoms with Crippen LogP contribution in [0.5, 0.6) is 0 Å². The number of amides is 1. The number of rotatable bonds is 3. The fourth-order valence-electron chi connectivity index (χ4n) is 3.18. The number of carbonyl (C=O) groups is 1. The fourth-order valence-corrected chi connectivity index (χ4v) is 3.18. The van der Waals surface area contributed by atoms with Crippen molar-refractivity contribution in [1.29, 1.82) is 0 Å². The first kappa shape index (κ1) is 14.8. The molecule has 0 unspecified atom stereocenters. The number of nitrogens with zero attached hydrogens (tertiary/aromatic N) is 3. The summed E-state index contributed by atoms with van der Waals surface area (Å²) in [7, 11) is 0.